The molecule has 0 amide bonds. The molecule has 4 heteroatoms. The van der Waals surface area contributed by atoms with E-state index in [1.165, 1.54) is 16.7 Å². The summed E-state index contributed by atoms with van der Waals surface area (Å²) in [5, 5.41) is 6.45. The highest BCUT2D eigenvalue weighted by Gasteiger charge is 2.18. The van der Waals surface area contributed by atoms with Gasteiger partial charge in [-0.15, -0.1) is 0 Å². The zero-order valence-corrected chi connectivity index (χ0v) is 31.7. The van der Waals surface area contributed by atoms with Crippen LogP contribution in [-0.2, 0) is 6.54 Å². The minimum atomic E-state index is 0.433. The highest BCUT2D eigenvalue weighted by atomic mass is 16.3. The van der Waals surface area contributed by atoms with Gasteiger partial charge in [0.1, 0.15) is 11.2 Å². The molecule has 10 rings (SSSR count). The fourth-order valence-corrected chi connectivity index (χ4v) is 7.95. The van der Waals surface area contributed by atoms with Gasteiger partial charge in [-0.25, -0.2) is 9.98 Å². The van der Waals surface area contributed by atoms with Crippen molar-refractivity contribution in [1.82, 2.24) is 0 Å². The van der Waals surface area contributed by atoms with Crippen LogP contribution in [0.2, 0.25) is 0 Å². The Morgan fingerprint density at radius 2 is 1.02 bits per heavy atom. The molecule has 0 unspecified atom stereocenters. The van der Waals surface area contributed by atoms with Crippen LogP contribution in [0.1, 0.15) is 16.7 Å². The summed E-state index contributed by atoms with van der Waals surface area (Å²) in [4.78, 5) is 15.1. The molecule has 10 aromatic rings. The van der Waals surface area contributed by atoms with Crippen LogP contribution >= 0.6 is 0 Å². The molecule has 0 N–H and O–H groups in total. The van der Waals surface area contributed by atoms with E-state index in [9.17, 15) is 0 Å². The summed E-state index contributed by atoms with van der Waals surface area (Å²) >= 11 is 0. The fourth-order valence-electron chi connectivity index (χ4n) is 7.95. The molecule has 0 bridgehead atoms. The summed E-state index contributed by atoms with van der Waals surface area (Å²) < 4.78 is 6.64. The Balaban J connectivity index is 1.11. The van der Waals surface area contributed by atoms with E-state index in [4.69, 9.17) is 14.4 Å². The molecule has 4 nitrogen and oxygen atoms in total. The number of hydrogen-bond donors (Lipinski definition) is 0. The minimum Gasteiger partial charge on any atom is -0.456 e. The van der Waals surface area contributed by atoms with Gasteiger partial charge in [-0.05, 0) is 104 Å². The average molecular weight is 744 g/mol. The lowest BCUT2D eigenvalue weighted by Gasteiger charge is -2.11. The summed E-state index contributed by atoms with van der Waals surface area (Å²) in [6.45, 7) is 4.48. The summed E-state index contributed by atoms with van der Waals surface area (Å²) in [6.07, 6.45) is 0. The van der Waals surface area contributed by atoms with Crippen molar-refractivity contribution in [2.45, 2.75) is 6.54 Å². The Labute approximate surface area is 336 Å². The lowest BCUT2D eigenvalue weighted by Crippen LogP contribution is -2.06. The highest BCUT2D eigenvalue weighted by molar-refractivity contribution is 6.26. The minimum absolute atomic E-state index is 0.433. The van der Waals surface area contributed by atoms with Crippen molar-refractivity contribution >= 4 is 61.9 Å². The van der Waals surface area contributed by atoms with Crippen LogP contribution in [0, 0.1) is 0 Å². The Hall–Kier alpha value is -7.69. The van der Waals surface area contributed by atoms with E-state index in [1.807, 2.05) is 18.2 Å². The fraction of sp³-hybridized carbons (Fsp3) is 0.0185. The third-order valence-corrected chi connectivity index (χ3v) is 10.8. The van der Waals surface area contributed by atoms with Gasteiger partial charge in [-0.2, -0.15) is 0 Å². The molecule has 1 aromatic heterocycles. The molecule has 9 aromatic carbocycles. The molecule has 58 heavy (non-hydrogen) atoms. The zero-order valence-electron chi connectivity index (χ0n) is 31.7. The van der Waals surface area contributed by atoms with Crippen molar-refractivity contribution in [3.05, 3.63) is 217 Å². The van der Waals surface area contributed by atoms with Crippen molar-refractivity contribution < 1.29 is 4.42 Å². The van der Waals surface area contributed by atoms with Crippen LogP contribution in [0.15, 0.2) is 220 Å². The lowest BCUT2D eigenvalue weighted by atomic mass is 9.97. The predicted molar refractivity (Wildman–Crippen MR) is 244 cm³/mol. The monoisotopic (exact) mass is 743 g/mol. The number of hydrogen-bond acceptors (Lipinski definition) is 2. The molecular formula is C54H37N3O. The zero-order chi connectivity index (χ0) is 38.8. The molecule has 0 atom stereocenters. The van der Waals surface area contributed by atoms with Crippen molar-refractivity contribution in [3.63, 3.8) is 0 Å². The first kappa shape index (κ1) is 34.8. The van der Waals surface area contributed by atoms with E-state index in [1.54, 1.807) is 0 Å². The van der Waals surface area contributed by atoms with Crippen molar-refractivity contribution in [2.24, 2.45) is 15.0 Å². The number of aliphatic imine (C=N–C) groups is 3. The molecule has 0 radical (unpaired) electrons. The first-order chi connectivity index (χ1) is 28.7. The Kier molecular flexibility index (Phi) is 9.05. The number of benzene rings is 9. The average Bonchev–Trinajstić information content (AvgIpc) is 3.68. The van der Waals surface area contributed by atoms with Crippen LogP contribution in [-0.4, -0.2) is 18.4 Å². The lowest BCUT2D eigenvalue weighted by molar-refractivity contribution is 0.669. The van der Waals surface area contributed by atoms with Gasteiger partial charge in [0.15, 0.2) is 11.7 Å². The normalized spacial score (nSPS) is 12.1. The summed E-state index contributed by atoms with van der Waals surface area (Å²) in [5.74, 6) is 1.04. The highest BCUT2D eigenvalue weighted by Crippen LogP contribution is 2.38. The second-order valence-corrected chi connectivity index (χ2v) is 14.5. The Bertz CT molecular complexity index is 3200. The molecule has 0 aliphatic heterocycles. The standard InChI is InChI=1S/C54H37N3O/c1-55-54(49-34-51-52(47-23-12-11-22-46(47)49)48-29-28-44(33-50(48)58-51)39-19-9-4-10-20-39)57-53(56-35-36-14-13-21-40(30-36)37-15-5-2-6-16-37)45-27-26-42-31-41(24-25-43(42)32-45)38-17-7-3-8-18-38/h2-34H,1,35H2/b56-53-,57-54-. The SMILES string of the molecule is C=N/C(=N\C(=N/Cc1cccc(-c2ccccc2)c1)c1ccc2cc(-c3ccccc3)ccc2c1)c1cc2oc3cc(-c4ccccc4)ccc3c2c2ccccc12. The van der Waals surface area contributed by atoms with Gasteiger partial charge in [0.25, 0.3) is 0 Å². The van der Waals surface area contributed by atoms with E-state index in [0.29, 0.717) is 18.2 Å². The maximum atomic E-state index is 6.64. The van der Waals surface area contributed by atoms with E-state index < -0.39 is 0 Å². The molecular weight excluding hydrogens is 707 g/mol. The second kappa shape index (κ2) is 15.1. The largest absolute Gasteiger partial charge is 0.456 e. The summed E-state index contributed by atoms with van der Waals surface area (Å²) in [5.41, 5.74) is 11.3. The van der Waals surface area contributed by atoms with Gasteiger partial charge in [0, 0.05) is 21.9 Å². The molecule has 0 aliphatic rings. The molecule has 0 saturated carbocycles. The maximum absolute atomic E-state index is 6.64. The number of fused-ring (bicyclic) bond motifs is 6. The van der Waals surface area contributed by atoms with Crippen LogP contribution in [0.25, 0.3) is 76.9 Å². The van der Waals surface area contributed by atoms with Crippen molar-refractivity contribution in [1.29, 1.82) is 0 Å². The number of amidine groups is 2. The van der Waals surface area contributed by atoms with E-state index in [0.717, 1.165) is 76.9 Å². The molecule has 1 heterocycles. The number of nitrogens with zero attached hydrogens (tertiary/aromatic N) is 3. The van der Waals surface area contributed by atoms with Gasteiger partial charge in [0.2, 0.25) is 0 Å². The summed E-state index contributed by atoms with van der Waals surface area (Å²) in [7, 11) is 0. The molecule has 0 spiro atoms. The van der Waals surface area contributed by atoms with Crippen LogP contribution in [0.5, 0.6) is 0 Å². The van der Waals surface area contributed by atoms with Crippen LogP contribution < -0.4 is 0 Å². The van der Waals surface area contributed by atoms with Crippen molar-refractivity contribution in [2.75, 3.05) is 0 Å². The van der Waals surface area contributed by atoms with Crippen LogP contribution in [0.3, 0.4) is 0 Å². The first-order valence-electron chi connectivity index (χ1n) is 19.5. The smallest absolute Gasteiger partial charge is 0.161 e. The molecule has 0 fully saturated rings. The number of rotatable bonds is 7. The topological polar surface area (TPSA) is 50.2 Å². The van der Waals surface area contributed by atoms with Gasteiger partial charge >= 0.3 is 0 Å². The van der Waals surface area contributed by atoms with Crippen molar-refractivity contribution in [3.8, 4) is 33.4 Å². The second-order valence-electron chi connectivity index (χ2n) is 14.5. The van der Waals surface area contributed by atoms with Crippen LogP contribution in [0.4, 0.5) is 0 Å². The van der Waals surface area contributed by atoms with E-state index in [2.05, 4.69) is 194 Å². The number of furan rings is 1. The van der Waals surface area contributed by atoms with Gasteiger partial charge in [-0.1, -0.05) is 164 Å². The Morgan fingerprint density at radius 3 is 1.72 bits per heavy atom. The Morgan fingerprint density at radius 1 is 0.431 bits per heavy atom. The molecule has 0 aliphatic carbocycles. The summed E-state index contributed by atoms with van der Waals surface area (Å²) in [6, 6.07) is 69.7. The third-order valence-electron chi connectivity index (χ3n) is 10.8. The molecule has 0 saturated heterocycles. The van der Waals surface area contributed by atoms with Gasteiger partial charge < -0.3 is 4.42 Å². The van der Waals surface area contributed by atoms with E-state index in [-0.39, 0.29) is 0 Å². The maximum Gasteiger partial charge on any atom is 0.161 e. The predicted octanol–water partition coefficient (Wildman–Crippen LogP) is 14.0. The van der Waals surface area contributed by atoms with Gasteiger partial charge in [-0.3, -0.25) is 4.99 Å². The molecule has 274 valence electrons. The van der Waals surface area contributed by atoms with E-state index >= 15 is 0 Å². The van der Waals surface area contributed by atoms with Gasteiger partial charge in [0.05, 0.1) is 6.54 Å². The quantitative estimate of drug-likeness (QED) is 0.118. The first-order valence-corrected chi connectivity index (χ1v) is 19.5. The third kappa shape index (κ3) is 6.67.